The van der Waals surface area contributed by atoms with E-state index in [0.29, 0.717) is 24.1 Å². The fraction of sp³-hybridized carbons (Fsp3) is 0.375. The molecule has 0 aromatic heterocycles. The van der Waals surface area contributed by atoms with Gasteiger partial charge >= 0.3 is 6.09 Å². The zero-order valence-electron chi connectivity index (χ0n) is 17.6. The molecule has 2 aliphatic rings. The molecule has 0 radical (unpaired) electrons. The molecule has 2 aliphatic heterocycles. The van der Waals surface area contributed by atoms with Crippen molar-refractivity contribution < 1.29 is 19.1 Å². The van der Waals surface area contributed by atoms with Gasteiger partial charge in [0.1, 0.15) is 5.60 Å². The summed E-state index contributed by atoms with van der Waals surface area (Å²) in [6.45, 7) is 6.31. The van der Waals surface area contributed by atoms with E-state index in [0.717, 1.165) is 12.0 Å². The van der Waals surface area contributed by atoms with E-state index in [4.69, 9.17) is 4.74 Å². The highest BCUT2D eigenvalue weighted by molar-refractivity contribution is 6.21. The van der Waals surface area contributed by atoms with E-state index in [1.165, 1.54) is 10.5 Å². The standard InChI is InChI=1S/C24H26N2O4/c1-24(2,3)30-23(29)25-14-12-16-8-4-5-9-17(16)20(25)13-15-26-21(27)18-10-6-7-11-19(18)22(26)28/h4-11,20H,12-15H2,1-3H3/t20-/m0/s1. The summed E-state index contributed by atoms with van der Waals surface area (Å²) in [5, 5.41) is 0. The van der Waals surface area contributed by atoms with Gasteiger partial charge in [0.25, 0.3) is 11.8 Å². The monoisotopic (exact) mass is 406 g/mol. The number of fused-ring (bicyclic) bond motifs is 2. The number of carbonyl (C=O) groups excluding carboxylic acids is 3. The summed E-state index contributed by atoms with van der Waals surface area (Å²) in [7, 11) is 0. The third-order valence-corrected chi connectivity index (χ3v) is 5.54. The number of nitrogens with zero attached hydrogens (tertiary/aromatic N) is 2. The zero-order valence-corrected chi connectivity index (χ0v) is 17.6. The molecule has 0 unspecified atom stereocenters. The van der Waals surface area contributed by atoms with Crippen molar-refractivity contribution in [3.8, 4) is 0 Å². The van der Waals surface area contributed by atoms with Crippen molar-refractivity contribution in [1.82, 2.24) is 9.80 Å². The lowest BCUT2D eigenvalue weighted by atomic mass is 9.91. The fourth-order valence-corrected chi connectivity index (χ4v) is 4.20. The van der Waals surface area contributed by atoms with Crippen LogP contribution >= 0.6 is 0 Å². The molecule has 6 heteroatoms. The van der Waals surface area contributed by atoms with Gasteiger partial charge in [-0.2, -0.15) is 0 Å². The van der Waals surface area contributed by atoms with Gasteiger partial charge in [-0.15, -0.1) is 0 Å². The Kier molecular flexibility index (Phi) is 5.10. The van der Waals surface area contributed by atoms with Crippen molar-refractivity contribution in [2.24, 2.45) is 0 Å². The van der Waals surface area contributed by atoms with Crippen molar-refractivity contribution in [2.45, 2.75) is 45.3 Å². The number of imide groups is 1. The lowest BCUT2D eigenvalue weighted by Gasteiger charge is -2.38. The van der Waals surface area contributed by atoms with E-state index < -0.39 is 5.60 Å². The number of benzene rings is 2. The Bertz CT molecular complexity index is 973. The Balaban J connectivity index is 1.57. The second kappa shape index (κ2) is 7.59. The third-order valence-electron chi connectivity index (χ3n) is 5.54. The van der Waals surface area contributed by atoms with E-state index in [-0.39, 0.29) is 30.5 Å². The van der Waals surface area contributed by atoms with Gasteiger partial charge < -0.3 is 9.64 Å². The van der Waals surface area contributed by atoms with Gasteiger partial charge in [0.2, 0.25) is 0 Å². The maximum absolute atomic E-state index is 12.9. The summed E-state index contributed by atoms with van der Waals surface area (Å²) in [5.41, 5.74) is 2.52. The minimum atomic E-state index is -0.596. The summed E-state index contributed by atoms with van der Waals surface area (Å²) in [4.78, 5) is 41.4. The molecule has 4 rings (SSSR count). The predicted octanol–water partition coefficient (Wildman–Crippen LogP) is 4.21. The van der Waals surface area contributed by atoms with Gasteiger partial charge in [0.15, 0.2) is 0 Å². The molecule has 6 nitrogen and oxygen atoms in total. The molecule has 0 N–H and O–H groups in total. The number of carbonyl (C=O) groups is 3. The molecule has 30 heavy (non-hydrogen) atoms. The van der Waals surface area contributed by atoms with Crippen molar-refractivity contribution in [3.63, 3.8) is 0 Å². The third kappa shape index (κ3) is 3.70. The van der Waals surface area contributed by atoms with Gasteiger partial charge in [0, 0.05) is 13.1 Å². The summed E-state index contributed by atoms with van der Waals surface area (Å²) in [6, 6.07) is 14.6. The first-order valence-electron chi connectivity index (χ1n) is 10.3. The molecule has 0 saturated carbocycles. The van der Waals surface area contributed by atoms with Crippen molar-refractivity contribution in [2.75, 3.05) is 13.1 Å². The number of amides is 3. The smallest absolute Gasteiger partial charge is 0.410 e. The number of hydrogen-bond donors (Lipinski definition) is 0. The quantitative estimate of drug-likeness (QED) is 0.717. The largest absolute Gasteiger partial charge is 0.444 e. The SMILES string of the molecule is CC(C)(C)OC(=O)N1CCc2ccccc2[C@@H]1CCN1C(=O)c2ccccc2C1=O. The Morgan fingerprint density at radius 3 is 2.23 bits per heavy atom. The second-order valence-electron chi connectivity index (χ2n) is 8.73. The van der Waals surface area contributed by atoms with E-state index >= 15 is 0 Å². The normalized spacial score (nSPS) is 18.3. The Hall–Kier alpha value is -3.15. The Morgan fingerprint density at radius 2 is 1.60 bits per heavy atom. The lowest BCUT2D eigenvalue weighted by molar-refractivity contribution is 0.0126. The molecule has 156 valence electrons. The first-order valence-corrected chi connectivity index (χ1v) is 10.3. The van der Waals surface area contributed by atoms with Crippen LogP contribution in [-0.2, 0) is 11.2 Å². The second-order valence-corrected chi connectivity index (χ2v) is 8.73. The van der Waals surface area contributed by atoms with Crippen LogP contribution in [-0.4, -0.2) is 46.4 Å². The van der Waals surface area contributed by atoms with Crippen LogP contribution in [0.25, 0.3) is 0 Å². The van der Waals surface area contributed by atoms with Crippen LogP contribution in [0.4, 0.5) is 4.79 Å². The lowest BCUT2D eigenvalue weighted by Crippen LogP contribution is -2.44. The molecule has 1 atom stereocenters. The molecular formula is C24H26N2O4. The Labute approximate surface area is 176 Å². The molecule has 2 aromatic rings. The van der Waals surface area contributed by atoms with E-state index in [1.807, 2.05) is 39.0 Å². The summed E-state index contributed by atoms with van der Waals surface area (Å²) in [5.74, 6) is -0.549. The van der Waals surface area contributed by atoms with E-state index in [2.05, 4.69) is 6.07 Å². The molecule has 0 spiro atoms. The number of hydrogen-bond acceptors (Lipinski definition) is 4. The average molecular weight is 406 g/mol. The molecule has 2 heterocycles. The van der Waals surface area contributed by atoms with Gasteiger partial charge in [-0.25, -0.2) is 4.79 Å². The van der Waals surface area contributed by atoms with Crippen molar-refractivity contribution in [3.05, 3.63) is 70.8 Å². The number of ether oxygens (including phenoxy) is 1. The maximum atomic E-state index is 12.9. The van der Waals surface area contributed by atoms with Gasteiger partial charge in [0.05, 0.1) is 17.2 Å². The molecule has 0 bridgehead atoms. The maximum Gasteiger partial charge on any atom is 0.410 e. The van der Waals surface area contributed by atoms with Gasteiger partial charge in [-0.05, 0) is 56.9 Å². The highest BCUT2D eigenvalue weighted by Gasteiger charge is 2.38. The van der Waals surface area contributed by atoms with Gasteiger partial charge in [-0.3, -0.25) is 14.5 Å². The van der Waals surface area contributed by atoms with Crippen LogP contribution in [0.5, 0.6) is 0 Å². The Morgan fingerprint density at radius 1 is 1.00 bits per heavy atom. The predicted molar refractivity (Wildman–Crippen MR) is 112 cm³/mol. The van der Waals surface area contributed by atoms with Crippen molar-refractivity contribution in [1.29, 1.82) is 0 Å². The molecular weight excluding hydrogens is 380 g/mol. The van der Waals surface area contributed by atoms with E-state index in [1.54, 1.807) is 29.2 Å². The minimum Gasteiger partial charge on any atom is -0.444 e. The van der Waals surface area contributed by atoms with E-state index in [9.17, 15) is 14.4 Å². The first-order chi connectivity index (χ1) is 14.3. The highest BCUT2D eigenvalue weighted by atomic mass is 16.6. The number of rotatable bonds is 3. The van der Waals surface area contributed by atoms with Crippen LogP contribution in [0.15, 0.2) is 48.5 Å². The average Bonchev–Trinajstić information content (AvgIpc) is 2.95. The summed E-state index contributed by atoms with van der Waals surface area (Å²) >= 11 is 0. The first kappa shape index (κ1) is 20.1. The molecule has 0 fully saturated rings. The molecule has 0 saturated heterocycles. The summed E-state index contributed by atoms with van der Waals surface area (Å²) < 4.78 is 5.63. The topological polar surface area (TPSA) is 66.9 Å². The van der Waals surface area contributed by atoms with Crippen LogP contribution < -0.4 is 0 Å². The fourth-order valence-electron chi connectivity index (χ4n) is 4.20. The van der Waals surface area contributed by atoms with Crippen LogP contribution in [0, 0.1) is 0 Å². The highest BCUT2D eigenvalue weighted by Crippen LogP contribution is 2.34. The molecule has 2 aromatic carbocycles. The molecule has 3 amide bonds. The van der Waals surface area contributed by atoms with Gasteiger partial charge in [-0.1, -0.05) is 36.4 Å². The van der Waals surface area contributed by atoms with Crippen molar-refractivity contribution >= 4 is 17.9 Å². The van der Waals surface area contributed by atoms with Crippen LogP contribution in [0.2, 0.25) is 0 Å². The zero-order chi connectivity index (χ0) is 21.5. The van der Waals surface area contributed by atoms with Crippen LogP contribution in [0.3, 0.4) is 0 Å². The minimum absolute atomic E-state index is 0.241. The summed E-state index contributed by atoms with van der Waals surface area (Å²) in [6.07, 6.45) is 0.838. The van der Waals surface area contributed by atoms with Crippen LogP contribution in [0.1, 0.15) is 65.1 Å². The molecule has 0 aliphatic carbocycles.